The minimum Gasteiger partial charge on any atom is -0.389 e. The zero-order valence-electron chi connectivity index (χ0n) is 8.00. The van der Waals surface area contributed by atoms with E-state index in [2.05, 4.69) is 11.7 Å². The standard InChI is InChI=1S/C10H14O3/c1-3-5-6-8-7(4-2)9(11)13-10(8)12/h4,8H,3,5-6H2,1-2H3. The second-order valence-corrected chi connectivity index (χ2v) is 3.15. The summed E-state index contributed by atoms with van der Waals surface area (Å²) < 4.78 is 4.53. The molecule has 1 fully saturated rings. The smallest absolute Gasteiger partial charge is 0.342 e. The molecule has 0 radical (unpaired) electrons. The number of hydrogen-bond donors (Lipinski definition) is 0. The summed E-state index contributed by atoms with van der Waals surface area (Å²) in [5, 5.41) is 0. The van der Waals surface area contributed by atoms with Gasteiger partial charge in [-0.2, -0.15) is 0 Å². The molecule has 3 nitrogen and oxygen atoms in total. The Morgan fingerprint density at radius 1 is 1.46 bits per heavy atom. The first kappa shape index (κ1) is 9.96. The van der Waals surface area contributed by atoms with Gasteiger partial charge in [0.15, 0.2) is 0 Å². The molecular weight excluding hydrogens is 168 g/mol. The van der Waals surface area contributed by atoms with Gasteiger partial charge in [-0.1, -0.05) is 25.8 Å². The predicted molar refractivity (Wildman–Crippen MR) is 47.9 cm³/mol. The van der Waals surface area contributed by atoms with Gasteiger partial charge < -0.3 is 4.74 Å². The first-order chi connectivity index (χ1) is 6.20. The lowest BCUT2D eigenvalue weighted by atomic mass is 9.95. The summed E-state index contributed by atoms with van der Waals surface area (Å²) in [6.45, 7) is 3.81. The molecule has 0 aliphatic carbocycles. The second kappa shape index (κ2) is 4.21. The van der Waals surface area contributed by atoms with Crippen LogP contribution in [0.1, 0.15) is 33.1 Å². The number of cyclic esters (lactones) is 2. The maximum Gasteiger partial charge on any atom is 0.342 e. The largest absolute Gasteiger partial charge is 0.389 e. The van der Waals surface area contributed by atoms with E-state index in [0.717, 1.165) is 19.3 Å². The van der Waals surface area contributed by atoms with Crippen molar-refractivity contribution in [1.29, 1.82) is 0 Å². The van der Waals surface area contributed by atoms with Gasteiger partial charge in [-0.25, -0.2) is 4.79 Å². The number of ether oxygens (including phenoxy) is 1. The van der Waals surface area contributed by atoms with Gasteiger partial charge in [0.2, 0.25) is 0 Å². The first-order valence-electron chi connectivity index (χ1n) is 4.63. The van der Waals surface area contributed by atoms with E-state index in [4.69, 9.17) is 0 Å². The first-order valence-corrected chi connectivity index (χ1v) is 4.63. The third-order valence-corrected chi connectivity index (χ3v) is 2.25. The summed E-state index contributed by atoms with van der Waals surface area (Å²) in [7, 11) is 0. The quantitative estimate of drug-likeness (QED) is 0.380. The molecule has 1 atom stereocenters. The number of esters is 2. The molecule has 0 amide bonds. The van der Waals surface area contributed by atoms with Crippen LogP contribution >= 0.6 is 0 Å². The Morgan fingerprint density at radius 2 is 2.15 bits per heavy atom. The summed E-state index contributed by atoms with van der Waals surface area (Å²) in [5.74, 6) is -1.15. The number of allylic oxidation sites excluding steroid dienone is 1. The Bertz CT molecular complexity index is 253. The van der Waals surface area contributed by atoms with Gasteiger partial charge in [-0.3, -0.25) is 4.79 Å². The van der Waals surface area contributed by atoms with Crippen molar-refractivity contribution in [1.82, 2.24) is 0 Å². The lowest BCUT2D eigenvalue weighted by Crippen LogP contribution is -2.08. The van der Waals surface area contributed by atoms with E-state index in [9.17, 15) is 9.59 Å². The van der Waals surface area contributed by atoms with Gasteiger partial charge in [-0.05, 0) is 13.3 Å². The molecule has 1 heterocycles. The molecule has 1 aliphatic heterocycles. The number of unbranched alkanes of at least 4 members (excludes halogenated alkanes) is 1. The summed E-state index contributed by atoms with van der Waals surface area (Å²) in [6, 6.07) is 0. The lowest BCUT2D eigenvalue weighted by molar-refractivity contribution is -0.152. The van der Waals surface area contributed by atoms with Crippen LogP contribution in [0.5, 0.6) is 0 Å². The fraction of sp³-hybridized carbons (Fsp3) is 0.600. The van der Waals surface area contributed by atoms with Crippen molar-refractivity contribution in [2.24, 2.45) is 5.92 Å². The van der Waals surface area contributed by atoms with Crippen LogP contribution in [0.15, 0.2) is 11.6 Å². The third-order valence-electron chi connectivity index (χ3n) is 2.25. The van der Waals surface area contributed by atoms with E-state index in [1.165, 1.54) is 0 Å². The molecule has 72 valence electrons. The van der Waals surface area contributed by atoms with Crippen LogP contribution in [0.4, 0.5) is 0 Å². The number of carbonyl (C=O) groups is 2. The second-order valence-electron chi connectivity index (χ2n) is 3.15. The topological polar surface area (TPSA) is 43.4 Å². The van der Waals surface area contributed by atoms with Crippen molar-refractivity contribution in [2.75, 3.05) is 0 Å². The maximum absolute atomic E-state index is 11.2. The van der Waals surface area contributed by atoms with Crippen molar-refractivity contribution in [3.05, 3.63) is 11.6 Å². The van der Waals surface area contributed by atoms with Gasteiger partial charge in [-0.15, -0.1) is 0 Å². The van der Waals surface area contributed by atoms with Gasteiger partial charge in [0, 0.05) is 5.57 Å². The van der Waals surface area contributed by atoms with Crippen molar-refractivity contribution < 1.29 is 14.3 Å². The van der Waals surface area contributed by atoms with Crippen LogP contribution in [0, 0.1) is 5.92 Å². The van der Waals surface area contributed by atoms with Crippen LogP contribution < -0.4 is 0 Å². The minimum absolute atomic E-state index is 0.308. The molecule has 0 spiro atoms. The molecular formula is C10H14O3. The molecule has 1 unspecified atom stereocenters. The molecule has 1 saturated heterocycles. The van der Waals surface area contributed by atoms with Gasteiger partial charge in [0.25, 0.3) is 0 Å². The zero-order valence-corrected chi connectivity index (χ0v) is 8.00. The summed E-state index contributed by atoms with van der Waals surface area (Å²) in [5.41, 5.74) is 0.526. The monoisotopic (exact) mass is 182 g/mol. The van der Waals surface area contributed by atoms with Crippen LogP contribution in [-0.2, 0) is 14.3 Å². The number of hydrogen-bond acceptors (Lipinski definition) is 3. The third kappa shape index (κ3) is 1.97. The van der Waals surface area contributed by atoms with Gasteiger partial charge in [0.05, 0.1) is 5.92 Å². The maximum atomic E-state index is 11.2. The Kier molecular flexibility index (Phi) is 3.23. The van der Waals surface area contributed by atoms with E-state index in [-0.39, 0.29) is 11.9 Å². The summed E-state index contributed by atoms with van der Waals surface area (Å²) in [4.78, 5) is 22.3. The van der Waals surface area contributed by atoms with Crippen molar-refractivity contribution in [3.63, 3.8) is 0 Å². The predicted octanol–water partition coefficient (Wildman–Crippen LogP) is 1.82. The van der Waals surface area contributed by atoms with E-state index in [0.29, 0.717) is 5.57 Å². The minimum atomic E-state index is -0.464. The normalized spacial score (nSPS) is 25.4. The van der Waals surface area contributed by atoms with Crippen molar-refractivity contribution in [2.45, 2.75) is 33.1 Å². The molecule has 0 aromatic carbocycles. The molecule has 1 aliphatic rings. The van der Waals surface area contributed by atoms with Crippen LogP contribution in [0.2, 0.25) is 0 Å². The highest BCUT2D eigenvalue weighted by molar-refractivity contribution is 6.07. The van der Waals surface area contributed by atoms with Crippen molar-refractivity contribution >= 4 is 11.9 Å². The SMILES string of the molecule is CC=C1C(=O)OC(=O)C1CCCC. The van der Waals surface area contributed by atoms with Crippen LogP contribution in [0.3, 0.4) is 0 Å². The van der Waals surface area contributed by atoms with E-state index < -0.39 is 5.97 Å². The Morgan fingerprint density at radius 3 is 2.69 bits per heavy atom. The summed E-state index contributed by atoms with van der Waals surface area (Å²) >= 11 is 0. The van der Waals surface area contributed by atoms with Gasteiger partial charge in [0.1, 0.15) is 0 Å². The van der Waals surface area contributed by atoms with E-state index >= 15 is 0 Å². The molecule has 0 aromatic heterocycles. The zero-order chi connectivity index (χ0) is 9.84. The molecule has 3 heteroatoms. The van der Waals surface area contributed by atoms with Crippen LogP contribution in [0.25, 0.3) is 0 Å². The molecule has 13 heavy (non-hydrogen) atoms. The molecule has 0 N–H and O–H groups in total. The highest BCUT2D eigenvalue weighted by Crippen LogP contribution is 2.27. The highest BCUT2D eigenvalue weighted by atomic mass is 16.6. The molecule has 1 rings (SSSR count). The van der Waals surface area contributed by atoms with E-state index in [1.54, 1.807) is 13.0 Å². The summed E-state index contributed by atoms with van der Waals surface area (Å²) in [6.07, 6.45) is 4.37. The van der Waals surface area contributed by atoms with Crippen LogP contribution in [-0.4, -0.2) is 11.9 Å². The molecule has 0 saturated carbocycles. The Labute approximate surface area is 77.8 Å². The Hall–Kier alpha value is -1.12. The Balaban J connectivity index is 2.70. The van der Waals surface area contributed by atoms with Crippen molar-refractivity contribution in [3.8, 4) is 0 Å². The van der Waals surface area contributed by atoms with Gasteiger partial charge >= 0.3 is 11.9 Å². The highest BCUT2D eigenvalue weighted by Gasteiger charge is 2.37. The average molecular weight is 182 g/mol. The number of rotatable bonds is 3. The fourth-order valence-corrected chi connectivity index (χ4v) is 1.49. The van der Waals surface area contributed by atoms with E-state index in [1.807, 2.05) is 0 Å². The molecule has 0 bridgehead atoms. The molecule has 0 aromatic rings. The fourth-order valence-electron chi connectivity index (χ4n) is 1.49. The number of carbonyl (C=O) groups excluding carboxylic acids is 2. The average Bonchev–Trinajstić information content (AvgIpc) is 2.37. The lowest BCUT2D eigenvalue weighted by Gasteiger charge is -2.03.